The van der Waals surface area contributed by atoms with Gasteiger partial charge in [0.25, 0.3) is 5.91 Å². The molecule has 1 unspecified atom stereocenters. The molecule has 28 heavy (non-hydrogen) atoms. The monoisotopic (exact) mass is 387 g/mol. The number of nitrogens with zero attached hydrogens (tertiary/aromatic N) is 2. The van der Waals surface area contributed by atoms with Crippen LogP contribution in [-0.2, 0) is 4.79 Å². The number of carbonyl (C=O) groups excluding carboxylic acids is 2. The minimum absolute atomic E-state index is 0.0125. The average molecular weight is 387 g/mol. The van der Waals surface area contributed by atoms with Crippen molar-refractivity contribution in [1.29, 1.82) is 0 Å². The van der Waals surface area contributed by atoms with Crippen LogP contribution in [0.5, 0.6) is 5.75 Å². The number of hydrogen-bond acceptors (Lipinski definition) is 4. The third-order valence-electron chi connectivity index (χ3n) is 5.28. The Hall–Kier alpha value is -2.77. The number of piperidine rings is 1. The predicted octanol–water partition coefficient (Wildman–Crippen LogP) is 0.690. The van der Waals surface area contributed by atoms with Crippen molar-refractivity contribution < 1.29 is 14.7 Å². The number of aromatic hydroxyl groups is 1. The van der Waals surface area contributed by atoms with E-state index in [-0.39, 0.29) is 23.0 Å². The number of hydrogen-bond donors (Lipinski definition) is 4. The van der Waals surface area contributed by atoms with Gasteiger partial charge >= 0.3 is 0 Å². The first-order valence-electron chi connectivity index (χ1n) is 9.88. The molecule has 2 aliphatic rings. The van der Waals surface area contributed by atoms with Gasteiger partial charge in [-0.25, -0.2) is 0 Å². The van der Waals surface area contributed by atoms with Crippen LogP contribution in [0.15, 0.2) is 29.3 Å². The van der Waals surface area contributed by atoms with Crippen molar-refractivity contribution >= 4 is 17.8 Å². The van der Waals surface area contributed by atoms with Crippen LogP contribution in [0.1, 0.15) is 36.5 Å². The number of amides is 2. The maximum Gasteiger partial charge on any atom is 0.251 e. The fourth-order valence-electron chi connectivity index (χ4n) is 3.90. The van der Waals surface area contributed by atoms with Crippen molar-refractivity contribution in [2.45, 2.75) is 26.2 Å². The molecule has 8 nitrogen and oxygen atoms in total. The highest BCUT2D eigenvalue weighted by molar-refractivity contribution is 5.94. The molecule has 2 fully saturated rings. The molecule has 4 N–H and O–H groups in total. The molecule has 0 aliphatic carbocycles. The fourth-order valence-corrected chi connectivity index (χ4v) is 3.90. The summed E-state index contributed by atoms with van der Waals surface area (Å²) in [4.78, 5) is 30.7. The number of phenolic OH excluding ortho intramolecular Hbond substituents is 1. The number of aliphatic imine (C=N–C) groups is 1. The molecule has 3 rings (SSSR count). The summed E-state index contributed by atoms with van der Waals surface area (Å²) in [5.41, 5.74) is 0.517. The van der Waals surface area contributed by atoms with Crippen LogP contribution in [0.4, 0.5) is 0 Å². The standard InChI is InChI=1S/C20H29N5O3/c1-2-21-19(25-11-3-8-20(14-25)12-17(27)24-13-20)23-10-9-22-18(28)15-4-6-16(26)7-5-15/h4-7,26H,2-3,8-14H2,1H3,(H,21,23)(H,22,28)(H,24,27). The van der Waals surface area contributed by atoms with E-state index in [2.05, 4.69) is 25.8 Å². The van der Waals surface area contributed by atoms with Crippen molar-refractivity contribution in [2.75, 3.05) is 39.3 Å². The minimum Gasteiger partial charge on any atom is -0.508 e. The molecule has 2 saturated heterocycles. The second kappa shape index (κ2) is 8.95. The maximum absolute atomic E-state index is 12.1. The van der Waals surface area contributed by atoms with Gasteiger partial charge in [0.2, 0.25) is 5.91 Å². The lowest BCUT2D eigenvalue weighted by Crippen LogP contribution is -2.51. The lowest BCUT2D eigenvalue weighted by molar-refractivity contribution is -0.119. The summed E-state index contributed by atoms with van der Waals surface area (Å²) < 4.78 is 0. The van der Waals surface area contributed by atoms with E-state index in [1.807, 2.05) is 6.92 Å². The SMILES string of the molecule is CCNC(=NCCNC(=O)c1ccc(O)cc1)N1CCCC2(CNC(=O)C2)C1. The molecule has 0 radical (unpaired) electrons. The molecule has 2 amide bonds. The second-order valence-corrected chi connectivity index (χ2v) is 7.52. The van der Waals surface area contributed by atoms with Crippen molar-refractivity contribution in [3.05, 3.63) is 29.8 Å². The number of carbonyl (C=O) groups is 2. The minimum atomic E-state index is -0.187. The van der Waals surface area contributed by atoms with Crippen LogP contribution in [0, 0.1) is 5.41 Å². The number of nitrogens with one attached hydrogen (secondary N) is 3. The van der Waals surface area contributed by atoms with Gasteiger partial charge in [0, 0.05) is 50.1 Å². The zero-order valence-corrected chi connectivity index (χ0v) is 16.3. The Kier molecular flexibility index (Phi) is 6.38. The predicted molar refractivity (Wildman–Crippen MR) is 107 cm³/mol. The van der Waals surface area contributed by atoms with Crippen molar-refractivity contribution in [3.63, 3.8) is 0 Å². The van der Waals surface area contributed by atoms with Crippen LogP contribution in [0.2, 0.25) is 0 Å². The van der Waals surface area contributed by atoms with Gasteiger partial charge in [0.1, 0.15) is 5.75 Å². The Morgan fingerprint density at radius 3 is 2.79 bits per heavy atom. The highest BCUT2D eigenvalue weighted by Gasteiger charge is 2.42. The van der Waals surface area contributed by atoms with Crippen LogP contribution >= 0.6 is 0 Å². The van der Waals surface area contributed by atoms with Gasteiger partial charge < -0.3 is 26.0 Å². The number of benzene rings is 1. The molecule has 1 aromatic carbocycles. The highest BCUT2D eigenvalue weighted by Crippen LogP contribution is 2.35. The molecule has 0 aromatic heterocycles. The molecule has 152 valence electrons. The van der Waals surface area contributed by atoms with Gasteiger partial charge in [-0.2, -0.15) is 0 Å². The summed E-state index contributed by atoms with van der Waals surface area (Å²) >= 11 is 0. The molecular formula is C20H29N5O3. The Morgan fingerprint density at radius 1 is 1.32 bits per heavy atom. The van der Waals surface area contributed by atoms with Gasteiger partial charge in [-0.05, 0) is 44.0 Å². The van der Waals surface area contributed by atoms with E-state index < -0.39 is 0 Å². The van der Waals surface area contributed by atoms with Crippen molar-refractivity contribution in [1.82, 2.24) is 20.9 Å². The third kappa shape index (κ3) is 4.94. The summed E-state index contributed by atoms with van der Waals surface area (Å²) in [6.45, 7) is 6.16. The zero-order chi connectivity index (χ0) is 20.0. The quantitative estimate of drug-likeness (QED) is 0.338. The van der Waals surface area contributed by atoms with E-state index in [4.69, 9.17) is 0 Å². The van der Waals surface area contributed by atoms with Crippen LogP contribution in [0.3, 0.4) is 0 Å². The molecule has 2 aliphatic heterocycles. The number of likely N-dealkylation sites (tertiary alicyclic amines) is 1. The molecular weight excluding hydrogens is 358 g/mol. The van der Waals surface area contributed by atoms with Crippen LogP contribution in [0.25, 0.3) is 0 Å². The lowest BCUT2D eigenvalue weighted by atomic mass is 9.79. The average Bonchev–Trinajstić information content (AvgIpc) is 3.04. The molecule has 2 heterocycles. The Labute approximate surface area is 165 Å². The fraction of sp³-hybridized carbons (Fsp3) is 0.550. The van der Waals surface area contributed by atoms with Crippen molar-refractivity contribution in [2.24, 2.45) is 10.4 Å². The van der Waals surface area contributed by atoms with Crippen LogP contribution < -0.4 is 16.0 Å². The van der Waals surface area contributed by atoms with Gasteiger partial charge in [0.05, 0.1) is 6.54 Å². The van der Waals surface area contributed by atoms with Crippen molar-refractivity contribution in [3.8, 4) is 5.75 Å². The first-order valence-corrected chi connectivity index (χ1v) is 9.88. The topological polar surface area (TPSA) is 106 Å². The van der Waals surface area contributed by atoms with E-state index in [1.165, 1.54) is 12.1 Å². The van der Waals surface area contributed by atoms with Gasteiger partial charge in [-0.15, -0.1) is 0 Å². The summed E-state index contributed by atoms with van der Waals surface area (Å²) in [6, 6.07) is 6.15. The molecule has 1 spiro atoms. The number of guanidine groups is 1. The second-order valence-electron chi connectivity index (χ2n) is 7.52. The van der Waals surface area contributed by atoms with E-state index in [9.17, 15) is 14.7 Å². The smallest absolute Gasteiger partial charge is 0.251 e. The summed E-state index contributed by atoms with van der Waals surface area (Å²) in [7, 11) is 0. The Bertz CT molecular complexity index is 734. The Morgan fingerprint density at radius 2 is 2.11 bits per heavy atom. The van der Waals surface area contributed by atoms with Crippen LogP contribution in [-0.4, -0.2) is 67.0 Å². The van der Waals surface area contributed by atoms with Gasteiger partial charge in [-0.1, -0.05) is 0 Å². The van der Waals surface area contributed by atoms with E-state index in [0.29, 0.717) is 25.1 Å². The first kappa shape index (κ1) is 20.0. The number of phenols is 1. The first-order chi connectivity index (χ1) is 13.5. The summed E-state index contributed by atoms with van der Waals surface area (Å²) in [5.74, 6) is 0.920. The normalized spacial score (nSPS) is 22.2. The van der Waals surface area contributed by atoms with E-state index >= 15 is 0 Å². The summed E-state index contributed by atoms with van der Waals surface area (Å²) in [5, 5.41) is 18.4. The molecule has 8 heteroatoms. The lowest BCUT2D eigenvalue weighted by Gasteiger charge is -2.40. The number of rotatable bonds is 5. The van der Waals surface area contributed by atoms with Gasteiger partial charge in [-0.3, -0.25) is 14.6 Å². The zero-order valence-electron chi connectivity index (χ0n) is 16.3. The molecule has 0 saturated carbocycles. The summed E-state index contributed by atoms with van der Waals surface area (Å²) in [6.07, 6.45) is 2.69. The maximum atomic E-state index is 12.1. The largest absolute Gasteiger partial charge is 0.508 e. The molecule has 1 atom stereocenters. The Balaban J connectivity index is 1.54. The third-order valence-corrected chi connectivity index (χ3v) is 5.28. The van der Waals surface area contributed by atoms with E-state index in [0.717, 1.165) is 45.0 Å². The van der Waals surface area contributed by atoms with Gasteiger partial charge in [0.15, 0.2) is 5.96 Å². The highest BCUT2D eigenvalue weighted by atomic mass is 16.3. The van der Waals surface area contributed by atoms with E-state index in [1.54, 1.807) is 12.1 Å². The molecule has 0 bridgehead atoms. The molecule has 1 aromatic rings.